The van der Waals surface area contributed by atoms with Crippen LogP contribution in [0.3, 0.4) is 0 Å². The average Bonchev–Trinajstić information content (AvgIpc) is 2.86. The summed E-state index contributed by atoms with van der Waals surface area (Å²) in [6.45, 7) is 3.44. The number of nitrogens with zero attached hydrogens (tertiary/aromatic N) is 4. The van der Waals surface area contributed by atoms with E-state index in [-0.39, 0.29) is 0 Å². The molecule has 0 radical (unpaired) electrons. The van der Waals surface area contributed by atoms with Gasteiger partial charge in [0.1, 0.15) is 5.75 Å². The summed E-state index contributed by atoms with van der Waals surface area (Å²) in [5.74, 6) is 1.76. The van der Waals surface area contributed by atoms with E-state index in [0.717, 1.165) is 18.0 Å². The first-order valence-electron chi connectivity index (χ1n) is 6.34. The van der Waals surface area contributed by atoms with Gasteiger partial charge in [0, 0.05) is 0 Å². The molecule has 19 heavy (non-hydrogen) atoms. The number of hydrogen-bond acceptors (Lipinski definition) is 5. The van der Waals surface area contributed by atoms with Crippen molar-refractivity contribution in [2.45, 2.75) is 26.4 Å². The zero-order valence-corrected chi connectivity index (χ0v) is 11.6. The molecule has 0 bridgehead atoms. The molecule has 2 rings (SSSR count). The van der Waals surface area contributed by atoms with Crippen molar-refractivity contribution in [1.82, 2.24) is 25.5 Å². The highest BCUT2D eigenvalue weighted by Crippen LogP contribution is 2.20. The minimum Gasteiger partial charge on any atom is -0.496 e. The summed E-state index contributed by atoms with van der Waals surface area (Å²) < 4.78 is 7.13. The van der Waals surface area contributed by atoms with E-state index in [1.54, 1.807) is 11.8 Å². The molecule has 0 aliphatic heterocycles. The first kappa shape index (κ1) is 13.5. The maximum Gasteiger partial charge on any atom is 0.165 e. The highest BCUT2D eigenvalue weighted by molar-refractivity contribution is 5.37. The molecule has 0 saturated carbocycles. The summed E-state index contributed by atoms with van der Waals surface area (Å²) in [5.41, 5.74) is 2.37. The summed E-state index contributed by atoms with van der Waals surface area (Å²) in [6.07, 6.45) is 0.940. The number of aromatic nitrogens is 4. The van der Waals surface area contributed by atoms with Crippen LogP contribution in [0.5, 0.6) is 5.75 Å². The Balaban J connectivity index is 2.21. The molecule has 0 aliphatic carbocycles. The number of aryl methyl sites for hydroxylation is 1. The van der Waals surface area contributed by atoms with Crippen LogP contribution < -0.4 is 10.1 Å². The Kier molecular flexibility index (Phi) is 4.46. The van der Waals surface area contributed by atoms with Crippen LogP contribution >= 0.6 is 0 Å². The molecule has 0 saturated heterocycles. The van der Waals surface area contributed by atoms with E-state index in [1.807, 2.05) is 19.2 Å². The van der Waals surface area contributed by atoms with E-state index in [4.69, 9.17) is 4.74 Å². The largest absolute Gasteiger partial charge is 0.496 e. The lowest BCUT2D eigenvalue weighted by molar-refractivity contribution is 0.410. The minimum atomic E-state index is 0.657. The van der Waals surface area contributed by atoms with Crippen molar-refractivity contribution >= 4 is 0 Å². The van der Waals surface area contributed by atoms with Gasteiger partial charge in [-0.05, 0) is 41.1 Å². The van der Waals surface area contributed by atoms with E-state index >= 15 is 0 Å². The van der Waals surface area contributed by atoms with Crippen LogP contribution in [0.1, 0.15) is 23.9 Å². The van der Waals surface area contributed by atoms with Crippen LogP contribution in [-0.2, 0) is 19.5 Å². The third-order valence-electron chi connectivity index (χ3n) is 3.00. The van der Waals surface area contributed by atoms with E-state index < -0.39 is 0 Å². The number of rotatable bonds is 6. The van der Waals surface area contributed by atoms with Crippen LogP contribution in [0.2, 0.25) is 0 Å². The molecule has 1 heterocycles. The molecule has 0 fully saturated rings. The van der Waals surface area contributed by atoms with Gasteiger partial charge in [0.15, 0.2) is 5.82 Å². The zero-order chi connectivity index (χ0) is 13.7. The van der Waals surface area contributed by atoms with Crippen LogP contribution in [0.4, 0.5) is 0 Å². The summed E-state index contributed by atoms with van der Waals surface area (Å²) >= 11 is 0. The highest BCUT2D eigenvalue weighted by atomic mass is 16.5. The fraction of sp³-hybridized carbons (Fsp3) is 0.462. The normalized spacial score (nSPS) is 10.7. The van der Waals surface area contributed by atoms with Gasteiger partial charge in [0.25, 0.3) is 0 Å². The number of tetrazole rings is 1. The Morgan fingerprint density at radius 2 is 2.21 bits per heavy atom. The number of ether oxygens (including phenoxy) is 1. The lowest BCUT2D eigenvalue weighted by Crippen LogP contribution is -2.14. The van der Waals surface area contributed by atoms with Gasteiger partial charge in [-0.1, -0.05) is 19.1 Å². The first-order chi connectivity index (χ1) is 9.28. The van der Waals surface area contributed by atoms with E-state index in [1.165, 1.54) is 11.1 Å². The summed E-state index contributed by atoms with van der Waals surface area (Å²) in [5, 5.41) is 14.8. The van der Waals surface area contributed by atoms with Gasteiger partial charge in [-0.3, -0.25) is 0 Å². The summed E-state index contributed by atoms with van der Waals surface area (Å²) in [6, 6.07) is 6.18. The monoisotopic (exact) mass is 261 g/mol. The Morgan fingerprint density at radius 1 is 1.37 bits per heavy atom. The van der Waals surface area contributed by atoms with Gasteiger partial charge in [0.05, 0.1) is 20.2 Å². The fourth-order valence-electron chi connectivity index (χ4n) is 2.01. The van der Waals surface area contributed by atoms with Crippen LogP contribution in [0.15, 0.2) is 18.2 Å². The molecule has 2 aromatic rings. The van der Waals surface area contributed by atoms with Gasteiger partial charge in [0.2, 0.25) is 0 Å². The van der Waals surface area contributed by atoms with Gasteiger partial charge < -0.3 is 10.1 Å². The van der Waals surface area contributed by atoms with E-state index in [0.29, 0.717) is 13.1 Å². The molecule has 0 spiro atoms. The fourth-order valence-corrected chi connectivity index (χ4v) is 2.01. The second kappa shape index (κ2) is 6.29. The van der Waals surface area contributed by atoms with Gasteiger partial charge in [-0.2, -0.15) is 0 Å². The third kappa shape index (κ3) is 3.08. The maximum atomic E-state index is 5.33. The van der Waals surface area contributed by atoms with Crippen LogP contribution in [-0.4, -0.2) is 34.4 Å². The van der Waals surface area contributed by atoms with Crippen molar-refractivity contribution in [2.75, 3.05) is 14.2 Å². The maximum absolute atomic E-state index is 5.33. The molecule has 6 nitrogen and oxygen atoms in total. The van der Waals surface area contributed by atoms with Gasteiger partial charge >= 0.3 is 0 Å². The second-order valence-corrected chi connectivity index (χ2v) is 4.28. The molecular formula is C13H19N5O. The van der Waals surface area contributed by atoms with Crippen molar-refractivity contribution in [2.24, 2.45) is 0 Å². The standard InChI is InChI=1S/C13H19N5O/c1-4-11-7-10(5-6-12(11)19-3)9-18-13(8-14-2)15-16-17-18/h5-7,14H,4,8-9H2,1-3H3. The Labute approximate surface area is 112 Å². The third-order valence-corrected chi connectivity index (χ3v) is 3.00. The van der Waals surface area contributed by atoms with Crippen molar-refractivity contribution in [1.29, 1.82) is 0 Å². The molecular weight excluding hydrogens is 242 g/mol. The quantitative estimate of drug-likeness (QED) is 0.840. The van der Waals surface area contributed by atoms with Crippen molar-refractivity contribution in [3.05, 3.63) is 35.2 Å². The molecule has 102 valence electrons. The van der Waals surface area contributed by atoms with Crippen LogP contribution in [0, 0.1) is 0 Å². The summed E-state index contributed by atoms with van der Waals surface area (Å²) in [4.78, 5) is 0. The summed E-state index contributed by atoms with van der Waals surface area (Å²) in [7, 11) is 3.57. The zero-order valence-electron chi connectivity index (χ0n) is 11.6. The second-order valence-electron chi connectivity index (χ2n) is 4.28. The van der Waals surface area contributed by atoms with E-state index in [2.05, 4.69) is 33.8 Å². The molecule has 0 atom stereocenters. The van der Waals surface area contributed by atoms with E-state index in [9.17, 15) is 0 Å². The number of nitrogens with one attached hydrogen (secondary N) is 1. The SMILES string of the molecule is CCc1cc(Cn2nnnc2CNC)ccc1OC. The Hall–Kier alpha value is -1.95. The molecule has 6 heteroatoms. The first-order valence-corrected chi connectivity index (χ1v) is 6.34. The lowest BCUT2D eigenvalue weighted by Gasteiger charge is -2.10. The molecule has 0 amide bonds. The van der Waals surface area contributed by atoms with Crippen molar-refractivity contribution in [3.63, 3.8) is 0 Å². The van der Waals surface area contributed by atoms with Gasteiger partial charge in [-0.15, -0.1) is 5.10 Å². The Bertz CT molecular complexity index is 538. The van der Waals surface area contributed by atoms with Crippen molar-refractivity contribution in [3.8, 4) is 5.75 Å². The topological polar surface area (TPSA) is 64.9 Å². The minimum absolute atomic E-state index is 0.657. The number of hydrogen-bond donors (Lipinski definition) is 1. The number of benzene rings is 1. The molecule has 0 unspecified atom stereocenters. The Morgan fingerprint density at radius 3 is 2.89 bits per heavy atom. The van der Waals surface area contributed by atoms with Crippen molar-refractivity contribution < 1.29 is 4.74 Å². The average molecular weight is 261 g/mol. The lowest BCUT2D eigenvalue weighted by atomic mass is 10.1. The van der Waals surface area contributed by atoms with Crippen LogP contribution in [0.25, 0.3) is 0 Å². The van der Waals surface area contributed by atoms with Gasteiger partial charge in [-0.25, -0.2) is 4.68 Å². The molecule has 1 aromatic heterocycles. The predicted octanol–water partition coefficient (Wildman–Crippen LogP) is 1.01. The highest BCUT2D eigenvalue weighted by Gasteiger charge is 2.07. The molecule has 0 aliphatic rings. The molecule has 1 aromatic carbocycles. The number of methoxy groups -OCH3 is 1. The smallest absolute Gasteiger partial charge is 0.165 e. The predicted molar refractivity (Wildman–Crippen MR) is 72.1 cm³/mol. The molecule has 1 N–H and O–H groups in total.